The third-order valence-electron chi connectivity index (χ3n) is 2.15. The lowest BCUT2D eigenvalue weighted by Gasteiger charge is -2.21. The number of nitrogens with one attached hydrogen (secondary N) is 1. The zero-order valence-corrected chi connectivity index (χ0v) is 6.44. The molecule has 0 aromatic carbocycles. The topological polar surface area (TPSA) is 38.3 Å². The van der Waals surface area contributed by atoms with E-state index in [9.17, 15) is 4.79 Å². The first-order valence-corrected chi connectivity index (χ1v) is 3.69. The van der Waals surface area contributed by atoms with Crippen LogP contribution in [0.5, 0.6) is 0 Å². The normalized spacial score (nSPS) is 22.0. The average Bonchev–Trinajstić information content (AvgIpc) is 2.33. The van der Waals surface area contributed by atoms with Gasteiger partial charge in [0.15, 0.2) is 0 Å². The van der Waals surface area contributed by atoms with Crippen LogP contribution in [-0.4, -0.2) is 18.2 Å². The Bertz CT molecular complexity index is 141. The van der Waals surface area contributed by atoms with Gasteiger partial charge in [-0.3, -0.25) is 0 Å². The van der Waals surface area contributed by atoms with Gasteiger partial charge in [-0.15, -0.1) is 0 Å². The summed E-state index contributed by atoms with van der Waals surface area (Å²) in [7, 11) is 0. The molecular formula is C7H13NO2. The molecule has 1 saturated heterocycles. The Morgan fingerprint density at radius 1 is 1.60 bits per heavy atom. The van der Waals surface area contributed by atoms with Gasteiger partial charge < -0.3 is 10.1 Å². The Morgan fingerprint density at radius 2 is 2.20 bits per heavy atom. The first kappa shape index (κ1) is 7.38. The quantitative estimate of drug-likeness (QED) is 0.632. The summed E-state index contributed by atoms with van der Waals surface area (Å²) in [6, 6.07) is 0. The maximum atomic E-state index is 10.6. The summed E-state index contributed by atoms with van der Waals surface area (Å²) in [5.74, 6) is 0. The Hall–Kier alpha value is -0.730. The largest absolute Gasteiger partial charge is 0.441 e. The van der Waals surface area contributed by atoms with Gasteiger partial charge >= 0.3 is 6.09 Å². The van der Waals surface area contributed by atoms with Crippen molar-refractivity contribution in [3.05, 3.63) is 0 Å². The van der Waals surface area contributed by atoms with Crippen LogP contribution in [0.4, 0.5) is 4.79 Å². The van der Waals surface area contributed by atoms with Crippen molar-refractivity contribution in [1.82, 2.24) is 5.32 Å². The minimum Gasteiger partial charge on any atom is -0.441 e. The van der Waals surface area contributed by atoms with Crippen molar-refractivity contribution in [3.8, 4) is 0 Å². The number of rotatable bonds is 2. The number of cyclic esters (lactones) is 1. The molecule has 0 aromatic heterocycles. The van der Waals surface area contributed by atoms with Gasteiger partial charge in [-0.2, -0.15) is 0 Å². The van der Waals surface area contributed by atoms with Crippen molar-refractivity contribution in [2.45, 2.75) is 32.3 Å². The number of hydrogen-bond donors (Lipinski definition) is 1. The minimum atomic E-state index is -0.274. The van der Waals surface area contributed by atoms with Gasteiger partial charge in [0.05, 0.1) is 6.54 Å². The van der Waals surface area contributed by atoms with E-state index < -0.39 is 0 Å². The monoisotopic (exact) mass is 143 g/mol. The molecule has 1 fully saturated rings. The van der Waals surface area contributed by atoms with Crippen LogP contribution < -0.4 is 5.32 Å². The van der Waals surface area contributed by atoms with Crippen LogP contribution in [0.3, 0.4) is 0 Å². The van der Waals surface area contributed by atoms with E-state index in [0.717, 1.165) is 12.8 Å². The van der Waals surface area contributed by atoms with Crippen molar-refractivity contribution in [1.29, 1.82) is 0 Å². The van der Waals surface area contributed by atoms with Crippen LogP contribution in [0, 0.1) is 0 Å². The second kappa shape index (κ2) is 2.48. The Labute approximate surface area is 60.7 Å². The summed E-state index contributed by atoms with van der Waals surface area (Å²) >= 11 is 0. The molecule has 0 unspecified atom stereocenters. The second-order valence-corrected chi connectivity index (χ2v) is 2.63. The van der Waals surface area contributed by atoms with Crippen molar-refractivity contribution >= 4 is 6.09 Å². The molecule has 0 radical (unpaired) electrons. The van der Waals surface area contributed by atoms with E-state index in [-0.39, 0.29) is 11.7 Å². The highest BCUT2D eigenvalue weighted by Gasteiger charge is 2.36. The third kappa shape index (κ3) is 1.08. The predicted octanol–water partition coefficient (Wildman–Crippen LogP) is 1.28. The van der Waals surface area contributed by atoms with Gasteiger partial charge in [-0.05, 0) is 12.8 Å². The van der Waals surface area contributed by atoms with E-state index in [4.69, 9.17) is 4.74 Å². The fraction of sp³-hybridized carbons (Fsp3) is 0.857. The fourth-order valence-corrected chi connectivity index (χ4v) is 1.15. The average molecular weight is 143 g/mol. The summed E-state index contributed by atoms with van der Waals surface area (Å²) in [5, 5.41) is 2.65. The molecule has 1 N–H and O–H groups in total. The molecule has 1 aliphatic heterocycles. The molecular weight excluding hydrogens is 130 g/mol. The minimum absolute atomic E-state index is 0.211. The first-order valence-electron chi connectivity index (χ1n) is 3.69. The Morgan fingerprint density at radius 3 is 2.40 bits per heavy atom. The third-order valence-corrected chi connectivity index (χ3v) is 2.15. The molecule has 1 rings (SSSR count). The van der Waals surface area contributed by atoms with E-state index in [0.29, 0.717) is 6.54 Å². The SMILES string of the molecule is CCC1(CC)CNC(=O)O1. The molecule has 1 amide bonds. The van der Waals surface area contributed by atoms with E-state index in [1.807, 2.05) is 13.8 Å². The molecule has 3 nitrogen and oxygen atoms in total. The second-order valence-electron chi connectivity index (χ2n) is 2.63. The van der Waals surface area contributed by atoms with Crippen LogP contribution in [0.2, 0.25) is 0 Å². The lowest BCUT2D eigenvalue weighted by Crippen LogP contribution is -2.31. The Balaban J connectivity index is 2.59. The summed E-state index contributed by atoms with van der Waals surface area (Å²) in [4.78, 5) is 10.6. The molecule has 0 saturated carbocycles. The number of carbonyl (C=O) groups is 1. The van der Waals surface area contributed by atoms with Gasteiger partial charge in [-0.25, -0.2) is 4.79 Å². The summed E-state index contributed by atoms with van der Waals surface area (Å²) in [6.45, 7) is 4.73. The molecule has 0 aromatic rings. The zero-order chi connectivity index (χ0) is 7.61. The van der Waals surface area contributed by atoms with Crippen LogP contribution in [0.15, 0.2) is 0 Å². The molecule has 0 bridgehead atoms. The van der Waals surface area contributed by atoms with Crippen molar-refractivity contribution in [2.24, 2.45) is 0 Å². The summed E-state index contributed by atoms with van der Waals surface area (Å²) < 4.78 is 5.10. The van der Waals surface area contributed by atoms with E-state index in [1.54, 1.807) is 0 Å². The number of amides is 1. The molecule has 10 heavy (non-hydrogen) atoms. The van der Waals surface area contributed by atoms with Gasteiger partial charge in [0.1, 0.15) is 5.60 Å². The van der Waals surface area contributed by atoms with Gasteiger partial charge in [-0.1, -0.05) is 13.8 Å². The van der Waals surface area contributed by atoms with Crippen LogP contribution in [0.25, 0.3) is 0 Å². The molecule has 1 heterocycles. The zero-order valence-electron chi connectivity index (χ0n) is 6.44. The smallest absolute Gasteiger partial charge is 0.407 e. The highest BCUT2D eigenvalue weighted by Crippen LogP contribution is 2.23. The summed E-state index contributed by atoms with van der Waals surface area (Å²) in [5.41, 5.74) is -0.211. The number of ether oxygens (including phenoxy) is 1. The molecule has 0 aliphatic carbocycles. The van der Waals surface area contributed by atoms with Gasteiger partial charge in [0, 0.05) is 0 Å². The first-order chi connectivity index (χ1) is 4.72. The molecule has 1 aliphatic rings. The number of alkyl carbamates (subject to hydrolysis) is 1. The van der Waals surface area contributed by atoms with Gasteiger partial charge in [0.2, 0.25) is 0 Å². The highest BCUT2D eigenvalue weighted by molar-refractivity contribution is 5.70. The van der Waals surface area contributed by atoms with Gasteiger partial charge in [0.25, 0.3) is 0 Å². The van der Waals surface area contributed by atoms with Crippen LogP contribution >= 0.6 is 0 Å². The number of carbonyl (C=O) groups excluding carboxylic acids is 1. The lowest BCUT2D eigenvalue weighted by atomic mass is 9.98. The van der Waals surface area contributed by atoms with Crippen molar-refractivity contribution in [3.63, 3.8) is 0 Å². The standard InChI is InChI=1S/C7H13NO2/c1-3-7(4-2)5-8-6(9)10-7/h3-5H2,1-2H3,(H,8,9). The maximum absolute atomic E-state index is 10.6. The fourth-order valence-electron chi connectivity index (χ4n) is 1.15. The lowest BCUT2D eigenvalue weighted by molar-refractivity contribution is 0.0504. The van der Waals surface area contributed by atoms with Crippen molar-refractivity contribution < 1.29 is 9.53 Å². The molecule has 3 heteroatoms. The number of hydrogen-bond acceptors (Lipinski definition) is 2. The molecule has 0 atom stereocenters. The summed E-state index contributed by atoms with van der Waals surface area (Å²) in [6.07, 6.45) is 1.51. The van der Waals surface area contributed by atoms with E-state index in [2.05, 4.69) is 5.32 Å². The molecule has 0 spiro atoms. The van der Waals surface area contributed by atoms with Crippen LogP contribution in [0.1, 0.15) is 26.7 Å². The molecule has 58 valence electrons. The van der Waals surface area contributed by atoms with Crippen molar-refractivity contribution in [2.75, 3.05) is 6.54 Å². The predicted molar refractivity (Wildman–Crippen MR) is 37.8 cm³/mol. The highest BCUT2D eigenvalue weighted by atomic mass is 16.6. The van der Waals surface area contributed by atoms with E-state index >= 15 is 0 Å². The maximum Gasteiger partial charge on any atom is 0.407 e. The van der Waals surface area contributed by atoms with E-state index in [1.165, 1.54) is 0 Å². The Kier molecular flexibility index (Phi) is 1.83. The van der Waals surface area contributed by atoms with Crippen LogP contribution in [-0.2, 0) is 4.74 Å².